The fourth-order valence-corrected chi connectivity index (χ4v) is 2.86. The first-order valence-corrected chi connectivity index (χ1v) is 8.75. The van der Waals surface area contributed by atoms with Gasteiger partial charge in [-0.15, -0.1) is 0 Å². The predicted octanol–water partition coefficient (Wildman–Crippen LogP) is 0.982. The number of nitrogens with one attached hydrogen (secondary N) is 1. The Morgan fingerprint density at radius 2 is 2.08 bits per heavy atom. The zero-order valence-electron chi connectivity index (χ0n) is 14.5. The molecule has 1 aliphatic heterocycles. The highest BCUT2D eigenvalue weighted by molar-refractivity contribution is 9.10. The minimum Gasteiger partial charge on any atom is -0.480 e. The Labute approximate surface area is 151 Å². The van der Waals surface area contributed by atoms with Gasteiger partial charge in [-0.2, -0.15) is 4.98 Å². The third kappa shape index (κ3) is 4.94. The first-order chi connectivity index (χ1) is 11.7. The van der Waals surface area contributed by atoms with Crippen LogP contribution in [-0.2, 0) is 4.74 Å². The van der Waals surface area contributed by atoms with Crippen LogP contribution in [0.15, 0.2) is 15.7 Å². The van der Waals surface area contributed by atoms with Gasteiger partial charge in [0.1, 0.15) is 0 Å². The van der Waals surface area contributed by atoms with Gasteiger partial charge in [0.25, 0.3) is 0 Å². The normalized spacial score (nSPS) is 15.6. The molecule has 0 aromatic carbocycles. The molecule has 8 nitrogen and oxygen atoms in total. The number of piperazine rings is 1. The van der Waals surface area contributed by atoms with Crippen LogP contribution < -0.4 is 15.0 Å². The number of methoxy groups -OCH3 is 2. The van der Waals surface area contributed by atoms with Crippen LogP contribution in [0.3, 0.4) is 0 Å². The Balaban J connectivity index is 1.88. The van der Waals surface area contributed by atoms with Crippen LogP contribution in [0, 0.1) is 0 Å². The number of aliphatic imine (C=N–C) groups is 1. The summed E-state index contributed by atoms with van der Waals surface area (Å²) in [6.07, 6.45) is 2.69. The van der Waals surface area contributed by atoms with Gasteiger partial charge in [-0.25, -0.2) is 4.98 Å². The first-order valence-electron chi connectivity index (χ1n) is 7.95. The van der Waals surface area contributed by atoms with Crippen LogP contribution >= 0.6 is 15.9 Å². The third-order valence-corrected chi connectivity index (χ3v) is 4.32. The molecule has 1 aliphatic rings. The summed E-state index contributed by atoms with van der Waals surface area (Å²) < 4.78 is 11.1. The smallest absolute Gasteiger partial charge is 0.232 e. The number of nitrogens with zero attached hydrogens (tertiary/aromatic N) is 5. The molecule has 0 unspecified atom stereocenters. The lowest BCUT2D eigenvalue weighted by Gasteiger charge is -2.36. The summed E-state index contributed by atoms with van der Waals surface area (Å²) >= 11 is 3.38. The average Bonchev–Trinajstić information content (AvgIpc) is 2.62. The molecule has 0 radical (unpaired) electrons. The van der Waals surface area contributed by atoms with E-state index in [1.165, 1.54) is 0 Å². The molecule has 1 aromatic rings. The minimum absolute atomic E-state index is 0.554. The van der Waals surface area contributed by atoms with Crippen molar-refractivity contribution >= 4 is 27.8 Å². The van der Waals surface area contributed by atoms with Crippen LogP contribution in [-0.4, -0.2) is 81.4 Å². The largest absolute Gasteiger partial charge is 0.480 e. The van der Waals surface area contributed by atoms with Gasteiger partial charge in [0.15, 0.2) is 5.96 Å². The van der Waals surface area contributed by atoms with Crippen molar-refractivity contribution in [1.82, 2.24) is 20.2 Å². The fraction of sp³-hybridized carbons (Fsp3) is 0.667. The third-order valence-electron chi connectivity index (χ3n) is 3.77. The van der Waals surface area contributed by atoms with Crippen molar-refractivity contribution in [2.24, 2.45) is 4.99 Å². The molecule has 2 heterocycles. The van der Waals surface area contributed by atoms with E-state index in [0.717, 1.165) is 56.2 Å². The maximum absolute atomic E-state index is 5.24. The molecular formula is C15H25BrN6O2. The van der Waals surface area contributed by atoms with E-state index in [4.69, 9.17) is 9.47 Å². The average molecular weight is 401 g/mol. The van der Waals surface area contributed by atoms with Gasteiger partial charge in [0.2, 0.25) is 11.8 Å². The second kappa shape index (κ2) is 9.63. The van der Waals surface area contributed by atoms with E-state index < -0.39 is 0 Å². The molecule has 2 rings (SSSR count). The second-order valence-corrected chi connectivity index (χ2v) is 6.18. The zero-order chi connectivity index (χ0) is 17.4. The molecule has 1 N–H and O–H groups in total. The number of halogens is 1. The lowest BCUT2D eigenvalue weighted by atomic mass is 10.3. The van der Waals surface area contributed by atoms with E-state index in [9.17, 15) is 0 Å². The SMILES string of the molecule is CN=C(NCCCOC)N1CCN(c2ncc(Br)c(OC)n2)CC1. The van der Waals surface area contributed by atoms with Crippen molar-refractivity contribution in [2.45, 2.75) is 6.42 Å². The summed E-state index contributed by atoms with van der Waals surface area (Å²) in [5.74, 6) is 2.18. The van der Waals surface area contributed by atoms with Gasteiger partial charge < -0.3 is 24.6 Å². The van der Waals surface area contributed by atoms with Crippen LogP contribution in [0.2, 0.25) is 0 Å². The molecule has 1 fully saturated rings. The summed E-state index contributed by atoms with van der Waals surface area (Å²) in [5.41, 5.74) is 0. The predicted molar refractivity (Wildman–Crippen MR) is 97.9 cm³/mol. The Hall–Kier alpha value is -1.61. The topological polar surface area (TPSA) is 75.1 Å². The fourth-order valence-electron chi connectivity index (χ4n) is 2.51. The summed E-state index contributed by atoms with van der Waals surface area (Å²) in [4.78, 5) is 17.6. The van der Waals surface area contributed by atoms with Crippen molar-refractivity contribution in [3.63, 3.8) is 0 Å². The maximum Gasteiger partial charge on any atom is 0.232 e. The van der Waals surface area contributed by atoms with Crippen LogP contribution in [0.25, 0.3) is 0 Å². The van der Waals surface area contributed by atoms with Crippen molar-refractivity contribution < 1.29 is 9.47 Å². The van der Waals surface area contributed by atoms with E-state index >= 15 is 0 Å². The number of aromatic nitrogens is 2. The summed E-state index contributed by atoms with van der Waals surface area (Å²) in [6.45, 7) is 5.01. The zero-order valence-corrected chi connectivity index (χ0v) is 16.0. The summed E-state index contributed by atoms with van der Waals surface area (Å²) in [6, 6.07) is 0. The second-order valence-electron chi connectivity index (χ2n) is 5.32. The molecule has 1 saturated heterocycles. The van der Waals surface area contributed by atoms with Crippen LogP contribution in [0.1, 0.15) is 6.42 Å². The first kappa shape index (κ1) is 18.7. The molecule has 24 heavy (non-hydrogen) atoms. The molecule has 0 saturated carbocycles. The van der Waals surface area contributed by atoms with E-state index in [1.54, 1.807) is 20.4 Å². The maximum atomic E-state index is 5.24. The Morgan fingerprint density at radius 3 is 2.71 bits per heavy atom. The minimum atomic E-state index is 0.554. The van der Waals surface area contributed by atoms with E-state index in [-0.39, 0.29) is 0 Å². The molecule has 0 spiro atoms. The molecular weight excluding hydrogens is 376 g/mol. The molecule has 0 atom stereocenters. The number of anilines is 1. The van der Waals surface area contributed by atoms with Gasteiger partial charge in [-0.3, -0.25) is 4.99 Å². The molecule has 134 valence electrons. The highest BCUT2D eigenvalue weighted by Crippen LogP contribution is 2.23. The summed E-state index contributed by atoms with van der Waals surface area (Å²) in [5, 5.41) is 3.37. The van der Waals surface area contributed by atoms with E-state index in [2.05, 4.69) is 46.0 Å². The van der Waals surface area contributed by atoms with Crippen LogP contribution in [0.5, 0.6) is 5.88 Å². The standard InChI is InChI=1S/C15H25BrN6O2/c1-17-14(18-5-4-10-23-2)21-6-8-22(9-7-21)15-19-11-12(16)13(20-15)24-3/h11H,4-10H2,1-3H3,(H,17,18). The molecule has 1 aromatic heterocycles. The van der Waals surface area contributed by atoms with Crippen LogP contribution in [0.4, 0.5) is 5.95 Å². The monoisotopic (exact) mass is 400 g/mol. The molecule has 0 bridgehead atoms. The number of guanidine groups is 1. The highest BCUT2D eigenvalue weighted by Gasteiger charge is 2.22. The van der Waals surface area contributed by atoms with Crippen molar-refractivity contribution in [1.29, 1.82) is 0 Å². The number of hydrogen-bond donors (Lipinski definition) is 1. The molecule has 9 heteroatoms. The van der Waals surface area contributed by atoms with Crippen molar-refractivity contribution in [3.05, 3.63) is 10.7 Å². The quantitative estimate of drug-likeness (QED) is 0.433. The molecule has 0 amide bonds. The van der Waals surface area contributed by atoms with Gasteiger partial charge in [0.05, 0.1) is 17.8 Å². The van der Waals surface area contributed by atoms with E-state index in [1.807, 2.05) is 7.05 Å². The number of hydrogen-bond acceptors (Lipinski definition) is 6. The van der Waals surface area contributed by atoms with E-state index in [0.29, 0.717) is 11.8 Å². The number of ether oxygens (including phenoxy) is 2. The van der Waals surface area contributed by atoms with Gasteiger partial charge in [-0.05, 0) is 22.4 Å². The van der Waals surface area contributed by atoms with Gasteiger partial charge >= 0.3 is 0 Å². The van der Waals surface area contributed by atoms with Gasteiger partial charge in [0, 0.05) is 53.5 Å². The Kier molecular flexibility index (Phi) is 7.51. The summed E-state index contributed by atoms with van der Waals surface area (Å²) in [7, 11) is 5.13. The lowest BCUT2D eigenvalue weighted by molar-refractivity contribution is 0.195. The Bertz CT molecular complexity index is 549. The Morgan fingerprint density at radius 1 is 1.33 bits per heavy atom. The number of rotatable bonds is 6. The van der Waals surface area contributed by atoms with Crippen molar-refractivity contribution in [3.8, 4) is 5.88 Å². The van der Waals surface area contributed by atoms with Crippen molar-refractivity contribution in [2.75, 3.05) is 65.5 Å². The van der Waals surface area contributed by atoms with Gasteiger partial charge in [-0.1, -0.05) is 0 Å². The lowest BCUT2D eigenvalue weighted by Crippen LogP contribution is -2.53. The molecule has 0 aliphatic carbocycles. The highest BCUT2D eigenvalue weighted by atomic mass is 79.9.